The summed E-state index contributed by atoms with van der Waals surface area (Å²) in [5.41, 5.74) is 1.70. The molecular weight excluding hydrogens is 264 g/mol. The largest absolute Gasteiger partial charge is 0.444 e. The minimum atomic E-state index is -0.470. The Kier molecular flexibility index (Phi) is 4.76. The van der Waals surface area contributed by atoms with Crippen LogP contribution in [-0.2, 0) is 11.3 Å². The summed E-state index contributed by atoms with van der Waals surface area (Å²) in [4.78, 5) is 11.7. The second kappa shape index (κ2) is 6.37. The minimum Gasteiger partial charge on any atom is -0.444 e. The summed E-state index contributed by atoms with van der Waals surface area (Å²) in [6, 6.07) is 8.56. The van der Waals surface area contributed by atoms with Gasteiger partial charge in [-0.3, -0.25) is 0 Å². The number of hydrogen-bond donors (Lipinski definition) is 2. The number of carbonyl (C=O) groups is 1. The Bertz CT molecular complexity index is 490. The molecule has 116 valence electrons. The van der Waals surface area contributed by atoms with Crippen molar-refractivity contribution in [3.8, 4) is 0 Å². The number of amides is 1. The van der Waals surface area contributed by atoms with Gasteiger partial charge in [-0.1, -0.05) is 18.2 Å². The summed E-state index contributed by atoms with van der Waals surface area (Å²) in [6.45, 7) is 8.27. The van der Waals surface area contributed by atoms with Gasteiger partial charge in [-0.15, -0.1) is 0 Å². The third-order valence-corrected chi connectivity index (χ3v) is 3.55. The maximum absolute atomic E-state index is 11.7. The van der Waals surface area contributed by atoms with Gasteiger partial charge in [-0.25, -0.2) is 4.79 Å². The SMILES string of the molecule is CC(Nc1ccccc1CNC(=O)OC(C)(C)C)C1CC1. The number of anilines is 1. The molecule has 0 heterocycles. The summed E-state index contributed by atoms with van der Waals surface area (Å²) in [5.74, 6) is 0.789. The van der Waals surface area contributed by atoms with E-state index in [4.69, 9.17) is 4.74 Å². The zero-order valence-electron chi connectivity index (χ0n) is 13.4. The third-order valence-electron chi connectivity index (χ3n) is 3.55. The smallest absolute Gasteiger partial charge is 0.407 e. The van der Waals surface area contributed by atoms with E-state index in [0.717, 1.165) is 17.2 Å². The molecule has 1 unspecified atom stereocenters. The molecule has 0 radical (unpaired) electrons. The van der Waals surface area contributed by atoms with Crippen LogP contribution in [0.4, 0.5) is 10.5 Å². The lowest BCUT2D eigenvalue weighted by molar-refractivity contribution is 0.0523. The van der Waals surface area contributed by atoms with Gasteiger partial charge in [0.1, 0.15) is 5.60 Å². The van der Waals surface area contributed by atoms with E-state index in [1.165, 1.54) is 12.8 Å². The molecule has 21 heavy (non-hydrogen) atoms. The lowest BCUT2D eigenvalue weighted by atomic mass is 10.1. The van der Waals surface area contributed by atoms with Crippen molar-refractivity contribution in [2.24, 2.45) is 5.92 Å². The quantitative estimate of drug-likeness (QED) is 0.864. The van der Waals surface area contributed by atoms with Gasteiger partial charge in [0.05, 0.1) is 0 Å². The molecule has 1 aliphatic carbocycles. The number of hydrogen-bond acceptors (Lipinski definition) is 3. The topological polar surface area (TPSA) is 50.4 Å². The van der Waals surface area contributed by atoms with Gasteiger partial charge >= 0.3 is 6.09 Å². The van der Waals surface area contributed by atoms with E-state index in [9.17, 15) is 4.79 Å². The van der Waals surface area contributed by atoms with Crippen LogP contribution in [0.2, 0.25) is 0 Å². The minimum absolute atomic E-state index is 0.382. The van der Waals surface area contributed by atoms with E-state index in [0.29, 0.717) is 12.6 Å². The van der Waals surface area contributed by atoms with Crippen LogP contribution in [0, 0.1) is 5.92 Å². The molecule has 4 nitrogen and oxygen atoms in total. The van der Waals surface area contributed by atoms with Crippen LogP contribution in [0.5, 0.6) is 0 Å². The fourth-order valence-electron chi connectivity index (χ4n) is 2.26. The Morgan fingerprint density at radius 1 is 1.33 bits per heavy atom. The van der Waals surface area contributed by atoms with Gasteiger partial charge in [-0.05, 0) is 58.1 Å². The molecule has 1 aromatic carbocycles. The van der Waals surface area contributed by atoms with Gasteiger partial charge in [0.15, 0.2) is 0 Å². The first-order valence-corrected chi connectivity index (χ1v) is 7.66. The van der Waals surface area contributed by atoms with E-state index >= 15 is 0 Å². The summed E-state index contributed by atoms with van der Waals surface area (Å²) in [5, 5.41) is 6.37. The molecule has 2 N–H and O–H groups in total. The van der Waals surface area contributed by atoms with Crippen LogP contribution in [0.1, 0.15) is 46.1 Å². The van der Waals surface area contributed by atoms with E-state index in [1.54, 1.807) is 0 Å². The fourth-order valence-corrected chi connectivity index (χ4v) is 2.26. The first kappa shape index (κ1) is 15.7. The highest BCUT2D eigenvalue weighted by molar-refractivity contribution is 5.68. The molecule has 0 saturated heterocycles. The Balaban J connectivity index is 1.91. The molecule has 1 saturated carbocycles. The van der Waals surface area contributed by atoms with Crippen molar-refractivity contribution in [2.75, 3.05) is 5.32 Å². The number of benzene rings is 1. The van der Waals surface area contributed by atoms with E-state index in [1.807, 2.05) is 39.0 Å². The lowest BCUT2D eigenvalue weighted by Crippen LogP contribution is -2.32. The molecule has 1 aromatic rings. The molecular formula is C17H26N2O2. The number of alkyl carbamates (subject to hydrolysis) is 1. The second-order valence-electron chi connectivity index (χ2n) is 6.78. The molecule has 0 aliphatic heterocycles. The first-order chi connectivity index (χ1) is 9.85. The van der Waals surface area contributed by atoms with Crippen molar-refractivity contribution >= 4 is 11.8 Å². The molecule has 1 fully saturated rings. The summed E-state index contributed by atoms with van der Waals surface area (Å²) in [6.07, 6.45) is 2.24. The molecule has 2 rings (SSSR count). The van der Waals surface area contributed by atoms with Gasteiger partial charge in [-0.2, -0.15) is 0 Å². The van der Waals surface area contributed by atoms with Crippen molar-refractivity contribution in [3.63, 3.8) is 0 Å². The molecule has 1 aliphatic rings. The molecule has 1 amide bonds. The zero-order valence-corrected chi connectivity index (χ0v) is 13.4. The summed E-state index contributed by atoms with van der Waals surface area (Å²) >= 11 is 0. The highest BCUT2D eigenvalue weighted by Crippen LogP contribution is 2.34. The van der Waals surface area contributed by atoms with Crippen molar-refractivity contribution in [1.82, 2.24) is 5.32 Å². The van der Waals surface area contributed by atoms with Crippen LogP contribution >= 0.6 is 0 Å². The van der Waals surface area contributed by atoms with Gasteiger partial charge in [0.25, 0.3) is 0 Å². The zero-order chi connectivity index (χ0) is 15.5. The highest BCUT2D eigenvalue weighted by atomic mass is 16.6. The van der Waals surface area contributed by atoms with Crippen LogP contribution < -0.4 is 10.6 Å². The number of carbonyl (C=O) groups excluding carboxylic acids is 1. The van der Waals surface area contributed by atoms with Crippen LogP contribution in [0.15, 0.2) is 24.3 Å². The van der Waals surface area contributed by atoms with Crippen LogP contribution in [-0.4, -0.2) is 17.7 Å². The van der Waals surface area contributed by atoms with Crippen molar-refractivity contribution in [3.05, 3.63) is 29.8 Å². The Hall–Kier alpha value is -1.71. The molecule has 0 aromatic heterocycles. The van der Waals surface area contributed by atoms with E-state index in [-0.39, 0.29) is 6.09 Å². The Morgan fingerprint density at radius 2 is 2.00 bits per heavy atom. The highest BCUT2D eigenvalue weighted by Gasteiger charge is 2.28. The molecule has 0 spiro atoms. The lowest BCUT2D eigenvalue weighted by Gasteiger charge is -2.21. The van der Waals surface area contributed by atoms with Crippen LogP contribution in [0.25, 0.3) is 0 Å². The van der Waals surface area contributed by atoms with Gasteiger partial charge in [0, 0.05) is 18.3 Å². The number of para-hydroxylation sites is 1. The molecule has 0 bridgehead atoms. The summed E-state index contributed by atoms with van der Waals surface area (Å²) in [7, 11) is 0. The number of rotatable bonds is 5. The number of nitrogens with one attached hydrogen (secondary N) is 2. The van der Waals surface area contributed by atoms with Crippen molar-refractivity contribution in [2.45, 2.75) is 58.7 Å². The maximum Gasteiger partial charge on any atom is 0.407 e. The van der Waals surface area contributed by atoms with Gasteiger partial charge < -0.3 is 15.4 Å². The fraction of sp³-hybridized carbons (Fsp3) is 0.588. The summed E-state index contributed by atoms with van der Waals surface area (Å²) < 4.78 is 5.26. The van der Waals surface area contributed by atoms with E-state index in [2.05, 4.69) is 23.6 Å². The maximum atomic E-state index is 11.7. The van der Waals surface area contributed by atoms with Crippen LogP contribution in [0.3, 0.4) is 0 Å². The second-order valence-corrected chi connectivity index (χ2v) is 6.78. The number of ether oxygens (including phenoxy) is 1. The predicted octanol–water partition coefficient (Wildman–Crippen LogP) is 3.92. The monoisotopic (exact) mass is 290 g/mol. The molecule has 1 atom stereocenters. The standard InChI is InChI=1S/C17H26N2O2/c1-12(13-9-10-13)19-15-8-6-5-7-14(15)11-18-16(20)21-17(2,3)4/h5-8,12-13,19H,9-11H2,1-4H3,(H,18,20). The average Bonchev–Trinajstić information content (AvgIpc) is 3.20. The Morgan fingerprint density at radius 3 is 2.62 bits per heavy atom. The first-order valence-electron chi connectivity index (χ1n) is 7.66. The van der Waals surface area contributed by atoms with Crippen molar-refractivity contribution < 1.29 is 9.53 Å². The average molecular weight is 290 g/mol. The molecule has 4 heteroatoms. The Labute approximate surface area is 127 Å². The normalized spacial score (nSPS) is 16.2. The van der Waals surface area contributed by atoms with Gasteiger partial charge in [0.2, 0.25) is 0 Å². The third kappa shape index (κ3) is 5.29. The van der Waals surface area contributed by atoms with E-state index < -0.39 is 5.60 Å². The predicted molar refractivity (Wildman–Crippen MR) is 85.3 cm³/mol. The van der Waals surface area contributed by atoms with Crippen molar-refractivity contribution in [1.29, 1.82) is 0 Å².